The van der Waals surface area contributed by atoms with Gasteiger partial charge in [0.05, 0.1) is 13.0 Å². The molecule has 0 aliphatic heterocycles. The van der Waals surface area contributed by atoms with Gasteiger partial charge in [0.15, 0.2) is 0 Å². The molecule has 0 aromatic rings. The van der Waals surface area contributed by atoms with Crippen LogP contribution in [0.1, 0.15) is 39.5 Å². The van der Waals surface area contributed by atoms with E-state index in [1.807, 2.05) is 13.8 Å². The molecule has 0 aromatic heterocycles. The van der Waals surface area contributed by atoms with E-state index in [1.54, 1.807) is 0 Å². The van der Waals surface area contributed by atoms with Gasteiger partial charge < -0.3 is 9.47 Å². The van der Waals surface area contributed by atoms with Crippen LogP contribution in [0.15, 0.2) is 0 Å². The number of carbonyl (C=O) groups excluding carboxylic acids is 2. The summed E-state index contributed by atoms with van der Waals surface area (Å²) < 4.78 is 10.7. The first-order valence-corrected chi connectivity index (χ1v) is 7.07. The SMILES string of the molecule is CCCOC(=O)CC(CI)OC(=O)CCC. The summed E-state index contributed by atoms with van der Waals surface area (Å²) in [4.78, 5) is 22.5. The van der Waals surface area contributed by atoms with Gasteiger partial charge in [0.2, 0.25) is 0 Å². The summed E-state index contributed by atoms with van der Waals surface area (Å²) in [6, 6.07) is 0. The highest BCUT2D eigenvalue weighted by atomic mass is 127. The van der Waals surface area contributed by atoms with Gasteiger partial charge in [-0.1, -0.05) is 36.4 Å². The fraction of sp³-hybridized carbons (Fsp3) is 0.818. The van der Waals surface area contributed by atoms with Crippen molar-refractivity contribution in [3.05, 3.63) is 0 Å². The van der Waals surface area contributed by atoms with Gasteiger partial charge >= 0.3 is 11.9 Å². The van der Waals surface area contributed by atoms with Gasteiger partial charge in [0.1, 0.15) is 6.10 Å². The van der Waals surface area contributed by atoms with Crippen LogP contribution in [0.2, 0.25) is 0 Å². The number of ether oxygens (including phenoxy) is 2. The Labute approximate surface area is 110 Å². The van der Waals surface area contributed by atoms with E-state index in [2.05, 4.69) is 22.6 Å². The van der Waals surface area contributed by atoms with Crippen LogP contribution in [-0.2, 0) is 19.1 Å². The molecule has 0 aliphatic carbocycles. The van der Waals surface area contributed by atoms with Crippen molar-refractivity contribution in [2.24, 2.45) is 0 Å². The van der Waals surface area contributed by atoms with Crippen LogP contribution in [0.5, 0.6) is 0 Å². The average molecular weight is 342 g/mol. The average Bonchev–Trinajstić information content (AvgIpc) is 2.25. The molecule has 0 aliphatic rings. The number of alkyl halides is 1. The molecule has 0 radical (unpaired) electrons. The molecule has 16 heavy (non-hydrogen) atoms. The Morgan fingerprint density at radius 1 is 1.19 bits per heavy atom. The second kappa shape index (κ2) is 9.86. The van der Waals surface area contributed by atoms with E-state index in [9.17, 15) is 9.59 Å². The van der Waals surface area contributed by atoms with Crippen LogP contribution < -0.4 is 0 Å². The zero-order valence-corrected chi connectivity index (χ0v) is 12.0. The summed E-state index contributed by atoms with van der Waals surface area (Å²) in [6.45, 7) is 4.27. The van der Waals surface area contributed by atoms with Crippen molar-refractivity contribution in [1.29, 1.82) is 0 Å². The molecule has 0 saturated carbocycles. The Kier molecular flexibility index (Phi) is 9.66. The molecular weight excluding hydrogens is 323 g/mol. The summed E-state index contributed by atoms with van der Waals surface area (Å²) in [7, 11) is 0. The van der Waals surface area contributed by atoms with Crippen LogP contribution >= 0.6 is 22.6 Å². The lowest BCUT2D eigenvalue weighted by molar-refractivity contribution is -0.153. The quantitative estimate of drug-likeness (QED) is 0.386. The van der Waals surface area contributed by atoms with E-state index in [1.165, 1.54) is 0 Å². The van der Waals surface area contributed by atoms with E-state index in [0.29, 0.717) is 17.5 Å². The molecular formula is C11H19IO4. The fourth-order valence-corrected chi connectivity index (χ4v) is 1.53. The molecule has 0 aromatic carbocycles. The van der Waals surface area contributed by atoms with Crippen molar-refractivity contribution in [3.8, 4) is 0 Å². The first kappa shape index (κ1) is 15.7. The van der Waals surface area contributed by atoms with Crippen LogP contribution in [-0.4, -0.2) is 29.1 Å². The van der Waals surface area contributed by atoms with Crippen molar-refractivity contribution in [2.75, 3.05) is 11.0 Å². The molecule has 0 N–H and O–H groups in total. The number of carbonyl (C=O) groups is 2. The highest BCUT2D eigenvalue weighted by molar-refractivity contribution is 14.1. The van der Waals surface area contributed by atoms with Crippen LogP contribution in [0.4, 0.5) is 0 Å². The maximum Gasteiger partial charge on any atom is 0.309 e. The van der Waals surface area contributed by atoms with Crippen LogP contribution in [0.3, 0.4) is 0 Å². The summed E-state index contributed by atoms with van der Waals surface area (Å²) in [5.74, 6) is -0.541. The third-order valence-electron chi connectivity index (χ3n) is 1.79. The molecule has 1 atom stereocenters. The highest BCUT2D eigenvalue weighted by Crippen LogP contribution is 2.07. The molecule has 0 saturated heterocycles. The van der Waals surface area contributed by atoms with Crippen molar-refractivity contribution < 1.29 is 19.1 Å². The normalized spacial score (nSPS) is 11.9. The topological polar surface area (TPSA) is 52.6 Å². The van der Waals surface area contributed by atoms with Gasteiger partial charge in [-0.3, -0.25) is 9.59 Å². The fourth-order valence-electron chi connectivity index (χ4n) is 1.04. The second-order valence-corrected chi connectivity index (χ2v) is 4.32. The Bertz CT molecular complexity index is 218. The van der Waals surface area contributed by atoms with E-state index in [4.69, 9.17) is 9.47 Å². The molecule has 0 spiro atoms. The Morgan fingerprint density at radius 2 is 1.88 bits per heavy atom. The first-order chi connectivity index (χ1) is 7.63. The van der Waals surface area contributed by atoms with Crippen LogP contribution in [0.25, 0.3) is 0 Å². The molecule has 0 rings (SSSR count). The highest BCUT2D eigenvalue weighted by Gasteiger charge is 2.17. The molecule has 0 bridgehead atoms. The Morgan fingerprint density at radius 3 is 2.38 bits per heavy atom. The van der Waals surface area contributed by atoms with E-state index in [0.717, 1.165) is 12.8 Å². The lowest BCUT2D eigenvalue weighted by Crippen LogP contribution is -2.24. The zero-order chi connectivity index (χ0) is 12.4. The smallest absolute Gasteiger partial charge is 0.309 e. The number of rotatable bonds is 8. The van der Waals surface area contributed by atoms with Gasteiger partial charge in [0, 0.05) is 10.8 Å². The third-order valence-corrected chi connectivity index (χ3v) is 2.77. The van der Waals surface area contributed by atoms with E-state index >= 15 is 0 Å². The monoisotopic (exact) mass is 342 g/mol. The number of esters is 2. The minimum absolute atomic E-state index is 0.151. The van der Waals surface area contributed by atoms with Gasteiger partial charge in [-0.05, 0) is 12.8 Å². The first-order valence-electron chi connectivity index (χ1n) is 5.55. The molecule has 5 heteroatoms. The minimum atomic E-state index is -0.357. The molecule has 0 heterocycles. The second-order valence-electron chi connectivity index (χ2n) is 3.44. The van der Waals surface area contributed by atoms with Gasteiger partial charge in [-0.2, -0.15) is 0 Å². The minimum Gasteiger partial charge on any atom is -0.466 e. The Hall–Kier alpha value is -0.330. The Balaban J connectivity index is 3.90. The largest absolute Gasteiger partial charge is 0.466 e. The standard InChI is InChI=1S/C11H19IO4/c1-3-5-10(13)16-9(8-12)7-11(14)15-6-4-2/h9H,3-8H2,1-2H3. The zero-order valence-electron chi connectivity index (χ0n) is 9.83. The molecule has 0 fully saturated rings. The molecule has 94 valence electrons. The lowest BCUT2D eigenvalue weighted by Gasteiger charge is -2.14. The van der Waals surface area contributed by atoms with E-state index in [-0.39, 0.29) is 24.5 Å². The van der Waals surface area contributed by atoms with Crippen LogP contribution in [0, 0.1) is 0 Å². The maximum absolute atomic E-state index is 11.3. The van der Waals surface area contributed by atoms with Crippen molar-refractivity contribution in [1.82, 2.24) is 0 Å². The van der Waals surface area contributed by atoms with Crippen molar-refractivity contribution in [2.45, 2.75) is 45.6 Å². The predicted octanol–water partition coefficient (Wildman–Crippen LogP) is 2.48. The van der Waals surface area contributed by atoms with Gasteiger partial charge in [-0.25, -0.2) is 0 Å². The summed E-state index contributed by atoms with van der Waals surface area (Å²) in [5, 5.41) is 0. The summed E-state index contributed by atoms with van der Waals surface area (Å²) in [6.07, 6.45) is 1.75. The number of hydrogen-bond acceptors (Lipinski definition) is 4. The maximum atomic E-state index is 11.3. The third kappa shape index (κ3) is 7.90. The van der Waals surface area contributed by atoms with Gasteiger partial charge in [-0.15, -0.1) is 0 Å². The molecule has 0 amide bonds. The predicted molar refractivity (Wildman–Crippen MR) is 69.5 cm³/mol. The molecule has 1 unspecified atom stereocenters. The van der Waals surface area contributed by atoms with Gasteiger partial charge in [0.25, 0.3) is 0 Å². The lowest BCUT2D eigenvalue weighted by atomic mass is 10.3. The van der Waals surface area contributed by atoms with Crippen molar-refractivity contribution >= 4 is 34.5 Å². The summed E-state index contributed by atoms with van der Waals surface area (Å²) in [5.41, 5.74) is 0. The number of hydrogen-bond donors (Lipinski definition) is 0. The van der Waals surface area contributed by atoms with E-state index < -0.39 is 0 Å². The summed E-state index contributed by atoms with van der Waals surface area (Å²) >= 11 is 2.10. The van der Waals surface area contributed by atoms with Crippen molar-refractivity contribution in [3.63, 3.8) is 0 Å². The molecule has 4 nitrogen and oxygen atoms in total. The number of halogens is 1.